The van der Waals surface area contributed by atoms with Crippen LogP contribution in [0.4, 0.5) is 0 Å². The maximum absolute atomic E-state index is 12.7. The molecule has 6 nitrogen and oxygen atoms in total. The number of aromatic amines is 1. The van der Waals surface area contributed by atoms with Gasteiger partial charge >= 0.3 is 0 Å². The lowest BCUT2D eigenvalue weighted by Gasteiger charge is -2.49. The molecule has 3 heterocycles. The molecule has 122 valence electrons. The zero-order chi connectivity index (χ0) is 15.6. The van der Waals surface area contributed by atoms with Crippen LogP contribution in [0.25, 0.3) is 0 Å². The molecule has 1 atom stereocenters. The molecule has 0 bridgehead atoms. The standard InChI is InChI=1S/C16H26N4O2/c1-2-14-13(10-18-19-14)15(22)20-7-4-16(5-8-20)3-6-17-9-12(16)11-21/h10,12,17,21H,2-9,11H2,1H3,(H,18,19)/t12-/m0/s1. The van der Waals surface area contributed by atoms with Crippen molar-refractivity contribution in [1.82, 2.24) is 20.4 Å². The van der Waals surface area contributed by atoms with E-state index in [2.05, 4.69) is 15.5 Å². The third-order valence-corrected chi connectivity index (χ3v) is 5.63. The van der Waals surface area contributed by atoms with Gasteiger partial charge in [0.2, 0.25) is 0 Å². The normalized spacial score (nSPS) is 24.6. The van der Waals surface area contributed by atoms with E-state index in [0.717, 1.165) is 57.6 Å². The monoisotopic (exact) mass is 306 g/mol. The Morgan fingerprint density at radius 1 is 1.45 bits per heavy atom. The molecule has 0 unspecified atom stereocenters. The Hall–Kier alpha value is -1.40. The van der Waals surface area contributed by atoms with Gasteiger partial charge in [-0.1, -0.05) is 6.92 Å². The van der Waals surface area contributed by atoms with Gasteiger partial charge < -0.3 is 15.3 Å². The number of rotatable bonds is 3. The predicted molar refractivity (Wildman–Crippen MR) is 83.6 cm³/mol. The number of aliphatic hydroxyl groups excluding tert-OH is 1. The third-order valence-electron chi connectivity index (χ3n) is 5.63. The van der Waals surface area contributed by atoms with Crippen molar-refractivity contribution < 1.29 is 9.90 Å². The number of piperidine rings is 2. The number of hydrogen-bond donors (Lipinski definition) is 3. The number of H-pyrrole nitrogens is 1. The quantitative estimate of drug-likeness (QED) is 0.771. The van der Waals surface area contributed by atoms with E-state index in [9.17, 15) is 9.90 Å². The summed E-state index contributed by atoms with van der Waals surface area (Å²) in [6.07, 6.45) is 5.52. The second kappa shape index (κ2) is 6.38. The van der Waals surface area contributed by atoms with Gasteiger partial charge in [-0.3, -0.25) is 9.89 Å². The largest absolute Gasteiger partial charge is 0.396 e. The molecule has 1 aromatic rings. The highest BCUT2D eigenvalue weighted by atomic mass is 16.3. The second-order valence-corrected chi connectivity index (χ2v) is 6.60. The summed E-state index contributed by atoms with van der Waals surface area (Å²) in [5.41, 5.74) is 1.84. The molecule has 2 fully saturated rings. The Bertz CT molecular complexity index is 520. The molecule has 3 N–H and O–H groups in total. The number of aliphatic hydroxyl groups is 1. The van der Waals surface area contributed by atoms with Crippen LogP contribution in [0.2, 0.25) is 0 Å². The van der Waals surface area contributed by atoms with Gasteiger partial charge in [-0.15, -0.1) is 0 Å². The summed E-state index contributed by atoms with van der Waals surface area (Å²) in [5.74, 6) is 0.411. The van der Waals surface area contributed by atoms with E-state index in [1.54, 1.807) is 6.20 Å². The zero-order valence-corrected chi connectivity index (χ0v) is 13.3. The summed E-state index contributed by atoms with van der Waals surface area (Å²) in [4.78, 5) is 14.6. The Labute approximate surface area is 131 Å². The Morgan fingerprint density at radius 3 is 2.91 bits per heavy atom. The van der Waals surface area contributed by atoms with Crippen molar-refractivity contribution in [2.24, 2.45) is 11.3 Å². The first-order valence-electron chi connectivity index (χ1n) is 8.33. The van der Waals surface area contributed by atoms with Crippen molar-refractivity contribution in [3.8, 4) is 0 Å². The van der Waals surface area contributed by atoms with Crippen molar-refractivity contribution in [3.05, 3.63) is 17.5 Å². The molecule has 0 saturated carbocycles. The zero-order valence-electron chi connectivity index (χ0n) is 13.3. The molecule has 22 heavy (non-hydrogen) atoms. The molecule has 2 saturated heterocycles. The predicted octanol–water partition coefficient (Wildman–Crippen LogP) is 0.796. The fourth-order valence-corrected chi connectivity index (χ4v) is 4.04. The summed E-state index contributed by atoms with van der Waals surface area (Å²) in [6.45, 7) is 5.74. The van der Waals surface area contributed by atoms with Gasteiger partial charge in [0.15, 0.2) is 0 Å². The highest BCUT2D eigenvalue weighted by Crippen LogP contribution is 2.43. The molecule has 0 aliphatic carbocycles. The summed E-state index contributed by atoms with van der Waals surface area (Å²) >= 11 is 0. The van der Waals surface area contributed by atoms with Gasteiger partial charge in [0.25, 0.3) is 5.91 Å². The number of likely N-dealkylation sites (tertiary alicyclic amines) is 1. The van der Waals surface area contributed by atoms with E-state index in [1.807, 2.05) is 11.8 Å². The number of amides is 1. The summed E-state index contributed by atoms with van der Waals surface area (Å²) in [7, 11) is 0. The lowest BCUT2D eigenvalue weighted by Crippen LogP contribution is -2.53. The first-order valence-corrected chi connectivity index (χ1v) is 8.33. The SMILES string of the molecule is CCc1[nH]ncc1C(=O)N1CCC2(CCNC[C@H]2CO)CC1. The molecule has 0 radical (unpaired) electrons. The van der Waals surface area contributed by atoms with E-state index in [4.69, 9.17) is 0 Å². The Morgan fingerprint density at radius 2 is 2.23 bits per heavy atom. The van der Waals surface area contributed by atoms with E-state index < -0.39 is 0 Å². The fraction of sp³-hybridized carbons (Fsp3) is 0.750. The summed E-state index contributed by atoms with van der Waals surface area (Å²) in [6, 6.07) is 0. The van der Waals surface area contributed by atoms with Gasteiger partial charge in [0, 0.05) is 37.9 Å². The molecule has 6 heteroatoms. The lowest BCUT2D eigenvalue weighted by atomic mass is 9.65. The molecule has 3 rings (SSSR count). The van der Waals surface area contributed by atoms with Crippen molar-refractivity contribution in [2.75, 3.05) is 32.8 Å². The molecule has 0 aromatic carbocycles. The van der Waals surface area contributed by atoms with Crippen LogP contribution < -0.4 is 5.32 Å². The maximum Gasteiger partial charge on any atom is 0.257 e. The Kier molecular flexibility index (Phi) is 4.49. The number of aromatic nitrogens is 2. The maximum atomic E-state index is 12.7. The number of nitrogens with one attached hydrogen (secondary N) is 2. The van der Waals surface area contributed by atoms with Gasteiger partial charge in [-0.25, -0.2) is 0 Å². The van der Waals surface area contributed by atoms with Crippen LogP contribution in [-0.2, 0) is 6.42 Å². The van der Waals surface area contributed by atoms with Crippen molar-refractivity contribution in [1.29, 1.82) is 0 Å². The minimum Gasteiger partial charge on any atom is -0.396 e. The van der Waals surface area contributed by atoms with Gasteiger partial charge in [0.05, 0.1) is 11.8 Å². The molecular weight excluding hydrogens is 280 g/mol. The number of hydrogen-bond acceptors (Lipinski definition) is 4. The van der Waals surface area contributed by atoms with E-state index in [0.29, 0.717) is 11.5 Å². The summed E-state index contributed by atoms with van der Waals surface area (Å²) < 4.78 is 0. The molecule has 2 aliphatic rings. The third kappa shape index (κ3) is 2.65. The van der Waals surface area contributed by atoms with E-state index >= 15 is 0 Å². The number of carbonyl (C=O) groups is 1. The van der Waals surface area contributed by atoms with Crippen LogP contribution in [0.15, 0.2) is 6.20 Å². The summed E-state index contributed by atoms with van der Waals surface area (Å²) in [5, 5.41) is 20.0. The van der Waals surface area contributed by atoms with Crippen molar-refractivity contribution in [3.63, 3.8) is 0 Å². The molecule has 1 spiro atoms. The van der Waals surface area contributed by atoms with Gasteiger partial charge in [-0.05, 0) is 37.6 Å². The van der Waals surface area contributed by atoms with Gasteiger partial charge in [-0.2, -0.15) is 5.10 Å². The minimum absolute atomic E-state index is 0.0925. The Balaban J connectivity index is 1.67. The molecule has 1 aromatic heterocycles. The van der Waals surface area contributed by atoms with Crippen LogP contribution in [-0.4, -0.2) is 58.9 Å². The average Bonchev–Trinajstić information content (AvgIpc) is 3.04. The average molecular weight is 306 g/mol. The first-order chi connectivity index (χ1) is 10.7. The van der Waals surface area contributed by atoms with Gasteiger partial charge in [0.1, 0.15) is 0 Å². The molecular formula is C16H26N4O2. The van der Waals surface area contributed by atoms with Crippen LogP contribution in [0.5, 0.6) is 0 Å². The molecule has 2 aliphatic heterocycles. The second-order valence-electron chi connectivity index (χ2n) is 6.60. The first kappa shape index (κ1) is 15.5. The van der Waals surface area contributed by atoms with E-state index in [-0.39, 0.29) is 17.9 Å². The topological polar surface area (TPSA) is 81.2 Å². The van der Waals surface area contributed by atoms with Crippen molar-refractivity contribution >= 4 is 5.91 Å². The van der Waals surface area contributed by atoms with Crippen LogP contribution in [0, 0.1) is 11.3 Å². The highest BCUT2D eigenvalue weighted by molar-refractivity contribution is 5.95. The lowest BCUT2D eigenvalue weighted by molar-refractivity contribution is -0.00117. The molecule has 1 amide bonds. The number of nitrogens with zero attached hydrogens (tertiary/aromatic N) is 2. The van der Waals surface area contributed by atoms with Crippen LogP contribution in [0.3, 0.4) is 0 Å². The fourth-order valence-electron chi connectivity index (χ4n) is 4.04. The van der Waals surface area contributed by atoms with E-state index in [1.165, 1.54) is 0 Å². The van der Waals surface area contributed by atoms with Crippen LogP contribution >= 0.6 is 0 Å². The minimum atomic E-state index is 0.0925. The van der Waals surface area contributed by atoms with Crippen LogP contribution in [0.1, 0.15) is 42.2 Å². The van der Waals surface area contributed by atoms with Crippen molar-refractivity contribution in [2.45, 2.75) is 32.6 Å². The number of aryl methyl sites for hydroxylation is 1. The highest BCUT2D eigenvalue weighted by Gasteiger charge is 2.43. The number of carbonyl (C=O) groups excluding carboxylic acids is 1. The smallest absolute Gasteiger partial charge is 0.257 e.